The topological polar surface area (TPSA) is 98.7 Å². The molecule has 0 aliphatic rings. The first kappa shape index (κ1) is 21.8. The van der Waals surface area contributed by atoms with E-state index in [1.54, 1.807) is 21.5 Å². The third-order valence-corrected chi connectivity index (χ3v) is 6.44. The molecule has 1 atom stereocenters. The minimum absolute atomic E-state index is 0.208. The molecule has 0 spiro atoms. The third-order valence-electron chi connectivity index (χ3n) is 6.44. The maximum absolute atomic E-state index is 13.6. The van der Waals surface area contributed by atoms with Crippen LogP contribution in [0.1, 0.15) is 28.5 Å². The van der Waals surface area contributed by atoms with Gasteiger partial charge in [0.15, 0.2) is 11.9 Å². The number of nitrogens with zero attached hydrogens (tertiary/aromatic N) is 6. The average molecular weight is 475 g/mol. The van der Waals surface area contributed by atoms with E-state index in [0.717, 1.165) is 0 Å². The minimum atomic E-state index is -1.75. The molecule has 0 saturated heterocycles. The van der Waals surface area contributed by atoms with Crippen LogP contribution in [0.25, 0.3) is 22.1 Å². The van der Waals surface area contributed by atoms with E-state index in [4.69, 9.17) is 0 Å². The van der Waals surface area contributed by atoms with Crippen LogP contribution in [-0.4, -0.2) is 40.9 Å². The van der Waals surface area contributed by atoms with Crippen molar-refractivity contribution in [2.75, 3.05) is 0 Å². The maximum atomic E-state index is 13.6. The van der Waals surface area contributed by atoms with E-state index < -0.39 is 11.8 Å². The summed E-state index contributed by atoms with van der Waals surface area (Å²) in [5.41, 5.74) is 2.04. The molecule has 0 aliphatic heterocycles. The number of hydrogen-bond acceptors (Lipinski definition) is 6. The standard InChI is InChI=1S/C28H22N6O2/c35-26(20-11-3-1-4-12-20)19-28(36,21-13-5-2-6-14-21)27(33-24-17-9-7-15-22(24)29-31-33)34-25-18-10-8-16-23(25)30-32-34/h1-18,27,36H,19H2. The molecule has 6 aromatic rings. The summed E-state index contributed by atoms with van der Waals surface area (Å²) < 4.78 is 3.25. The van der Waals surface area contributed by atoms with Gasteiger partial charge in [-0.15, -0.1) is 10.2 Å². The molecule has 4 aromatic carbocycles. The van der Waals surface area contributed by atoms with Gasteiger partial charge in [-0.3, -0.25) is 4.79 Å². The predicted molar refractivity (Wildman–Crippen MR) is 135 cm³/mol. The Morgan fingerprint density at radius 1 is 0.694 bits per heavy atom. The van der Waals surface area contributed by atoms with Gasteiger partial charge in [0.05, 0.1) is 11.0 Å². The SMILES string of the molecule is O=C(CC(O)(c1ccccc1)C(n1nnc2ccccc21)n1nnc2ccccc21)c1ccccc1. The number of carbonyl (C=O) groups excluding carboxylic acids is 1. The summed E-state index contributed by atoms with van der Waals surface area (Å²) in [6.45, 7) is 0. The van der Waals surface area contributed by atoms with E-state index in [1.165, 1.54) is 0 Å². The molecule has 8 heteroatoms. The van der Waals surface area contributed by atoms with E-state index >= 15 is 0 Å². The van der Waals surface area contributed by atoms with Crippen LogP contribution in [0, 0.1) is 0 Å². The number of aromatic nitrogens is 6. The van der Waals surface area contributed by atoms with Crippen molar-refractivity contribution in [2.45, 2.75) is 18.2 Å². The smallest absolute Gasteiger partial charge is 0.181 e. The minimum Gasteiger partial charge on any atom is -0.380 e. The van der Waals surface area contributed by atoms with Crippen LogP contribution in [0.3, 0.4) is 0 Å². The molecule has 176 valence electrons. The van der Waals surface area contributed by atoms with Crippen LogP contribution in [0.15, 0.2) is 109 Å². The summed E-state index contributed by atoms with van der Waals surface area (Å²) >= 11 is 0. The van der Waals surface area contributed by atoms with Gasteiger partial charge >= 0.3 is 0 Å². The molecule has 0 bridgehead atoms. The third kappa shape index (κ3) is 3.64. The lowest BCUT2D eigenvalue weighted by molar-refractivity contribution is -0.0380. The monoisotopic (exact) mass is 474 g/mol. The van der Waals surface area contributed by atoms with Crippen LogP contribution in [0.2, 0.25) is 0 Å². The lowest BCUT2D eigenvalue weighted by Gasteiger charge is -2.36. The van der Waals surface area contributed by atoms with Gasteiger partial charge in [-0.2, -0.15) is 0 Å². The zero-order chi connectivity index (χ0) is 24.5. The number of rotatable bonds is 7. The Hall–Kier alpha value is -4.69. The van der Waals surface area contributed by atoms with Crippen LogP contribution >= 0.6 is 0 Å². The second kappa shape index (κ2) is 8.83. The van der Waals surface area contributed by atoms with Gasteiger partial charge in [0.1, 0.15) is 16.6 Å². The van der Waals surface area contributed by atoms with Crippen molar-refractivity contribution >= 4 is 27.9 Å². The highest BCUT2D eigenvalue weighted by atomic mass is 16.3. The Bertz CT molecular complexity index is 1590. The van der Waals surface area contributed by atoms with Crippen LogP contribution in [-0.2, 0) is 5.60 Å². The predicted octanol–water partition coefficient (Wildman–Crippen LogP) is 4.38. The molecule has 6 rings (SSSR count). The van der Waals surface area contributed by atoms with Gasteiger partial charge in [-0.05, 0) is 29.8 Å². The van der Waals surface area contributed by atoms with Crippen LogP contribution in [0.5, 0.6) is 0 Å². The normalized spacial score (nSPS) is 13.3. The zero-order valence-corrected chi connectivity index (χ0v) is 19.2. The van der Waals surface area contributed by atoms with Crippen molar-refractivity contribution in [1.29, 1.82) is 0 Å². The average Bonchev–Trinajstić information content (AvgIpc) is 3.55. The van der Waals surface area contributed by atoms with Crippen LogP contribution in [0.4, 0.5) is 0 Å². The highest BCUT2D eigenvalue weighted by Crippen LogP contribution is 2.40. The second-order valence-corrected chi connectivity index (χ2v) is 8.68. The fourth-order valence-corrected chi connectivity index (χ4v) is 4.68. The number of ketones is 1. The molecule has 1 unspecified atom stereocenters. The molecular weight excluding hydrogens is 452 g/mol. The van der Waals surface area contributed by atoms with Gasteiger partial charge in [-0.25, -0.2) is 9.36 Å². The fraction of sp³-hybridized carbons (Fsp3) is 0.107. The Morgan fingerprint density at radius 3 is 1.72 bits per heavy atom. The largest absolute Gasteiger partial charge is 0.380 e. The molecule has 0 saturated carbocycles. The van der Waals surface area contributed by atoms with Crippen molar-refractivity contribution < 1.29 is 9.90 Å². The Morgan fingerprint density at radius 2 is 1.17 bits per heavy atom. The molecule has 0 amide bonds. The van der Waals surface area contributed by atoms with Gasteiger partial charge in [-0.1, -0.05) is 95.4 Å². The number of benzene rings is 4. The second-order valence-electron chi connectivity index (χ2n) is 8.68. The molecule has 0 fully saturated rings. The highest BCUT2D eigenvalue weighted by Gasteiger charge is 2.45. The van der Waals surface area contributed by atoms with Gasteiger partial charge in [0, 0.05) is 12.0 Å². The zero-order valence-electron chi connectivity index (χ0n) is 19.2. The lowest BCUT2D eigenvalue weighted by Crippen LogP contribution is -2.44. The highest BCUT2D eigenvalue weighted by molar-refractivity contribution is 5.96. The molecule has 2 heterocycles. The molecule has 0 radical (unpaired) electrons. The number of Topliss-reactive ketones (excluding diaryl/α,β-unsaturated/α-hetero) is 1. The van der Waals surface area contributed by atoms with Gasteiger partial charge in [0.2, 0.25) is 0 Å². The molecular formula is C28H22N6O2. The van der Waals surface area contributed by atoms with E-state index in [0.29, 0.717) is 33.2 Å². The van der Waals surface area contributed by atoms with E-state index in [2.05, 4.69) is 20.6 Å². The van der Waals surface area contributed by atoms with Gasteiger partial charge < -0.3 is 5.11 Å². The molecule has 0 aliphatic carbocycles. The summed E-state index contributed by atoms with van der Waals surface area (Å²) in [7, 11) is 0. The summed E-state index contributed by atoms with van der Waals surface area (Å²) in [6.07, 6.45) is -1.18. The van der Waals surface area contributed by atoms with Crippen LogP contribution < -0.4 is 0 Å². The van der Waals surface area contributed by atoms with E-state index in [-0.39, 0.29) is 12.2 Å². The van der Waals surface area contributed by atoms with Crippen molar-refractivity contribution in [3.63, 3.8) is 0 Å². The molecule has 36 heavy (non-hydrogen) atoms. The Labute approximate surface area is 206 Å². The first-order chi connectivity index (χ1) is 17.6. The number of hydrogen-bond donors (Lipinski definition) is 1. The Balaban J connectivity index is 1.62. The Kier molecular flexibility index (Phi) is 5.35. The van der Waals surface area contributed by atoms with Crippen molar-refractivity contribution in [3.05, 3.63) is 120 Å². The quantitative estimate of drug-likeness (QED) is 0.345. The summed E-state index contributed by atoms with van der Waals surface area (Å²) in [6, 6.07) is 33.1. The first-order valence-corrected chi connectivity index (χ1v) is 11.6. The summed E-state index contributed by atoms with van der Waals surface area (Å²) in [5.74, 6) is -0.208. The number of para-hydroxylation sites is 2. The van der Waals surface area contributed by atoms with Gasteiger partial charge in [0.25, 0.3) is 0 Å². The number of aliphatic hydroxyl groups is 1. The summed E-state index contributed by atoms with van der Waals surface area (Å²) in [4.78, 5) is 13.6. The number of carbonyl (C=O) groups is 1. The fourth-order valence-electron chi connectivity index (χ4n) is 4.68. The molecule has 1 N–H and O–H groups in total. The number of fused-ring (bicyclic) bond motifs is 2. The van der Waals surface area contributed by atoms with E-state index in [1.807, 2.05) is 97.1 Å². The van der Waals surface area contributed by atoms with Crippen molar-refractivity contribution in [2.24, 2.45) is 0 Å². The molecule has 2 aromatic heterocycles. The van der Waals surface area contributed by atoms with Crippen molar-refractivity contribution in [1.82, 2.24) is 30.0 Å². The first-order valence-electron chi connectivity index (χ1n) is 11.6. The van der Waals surface area contributed by atoms with E-state index in [9.17, 15) is 9.90 Å². The van der Waals surface area contributed by atoms with Crippen molar-refractivity contribution in [3.8, 4) is 0 Å². The maximum Gasteiger partial charge on any atom is 0.181 e. The molecule has 8 nitrogen and oxygen atoms in total. The summed E-state index contributed by atoms with van der Waals surface area (Å²) in [5, 5.41) is 30.2. The lowest BCUT2D eigenvalue weighted by atomic mass is 9.84.